The maximum atomic E-state index is 13.8. The van der Waals surface area contributed by atoms with Crippen molar-refractivity contribution >= 4 is 23.8 Å². The molecule has 184 valence electrons. The molecule has 0 atom stereocenters. The van der Waals surface area contributed by atoms with Gasteiger partial charge in [0.2, 0.25) is 0 Å². The summed E-state index contributed by atoms with van der Waals surface area (Å²) >= 11 is 0. The van der Waals surface area contributed by atoms with Gasteiger partial charge in [-0.1, -0.05) is 36.4 Å². The fourth-order valence-electron chi connectivity index (χ4n) is 4.45. The van der Waals surface area contributed by atoms with Gasteiger partial charge >= 0.3 is 5.97 Å². The molecule has 0 N–H and O–H groups in total. The van der Waals surface area contributed by atoms with Gasteiger partial charge in [-0.25, -0.2) is 4.79 Å². The molecule has 1 aliphatic carbocycles. The standard InChI is InChI=1S/C29H26O7/c1-29(2,3)36-28(33)25-20(13-19-16(15-30)9-8-12-22(19)34-4)24-21(14-23(25)35-5)26(31)17-10-6-7-11-18(17)27(24)32/h6-12,14-15H,13H2,1-5H3. The summed E-state index contributed by atoms with van der Waals surface area (Å²) in [6.45, 7) is 5.18. The van der Waals surface area contributed by atoms with Gasteiger partial charge in [-0.15, -0.1) is 0 Å². The molecule has 0 aliphatic heterocycles. The highest BCUT2D eigenvalue weighted by molar-refractivity contribution is 6.29. The van der Waals surface area contributed by atoms with E-state index < -0.39 is 17.4 Å². The first-order valence-corrected chi connectivity index (χ1v) is 11.4. The van der Waals surface area contributed by atoms with Crippen molar-refractivity contribution in [2.45, 2.75) is 32.8 Å². The molecule has 0 radical (unpaired) electrons. The Kier molecular flexibility index (Phi) is 6.50. The minimum absolute atomic E-state index is 0.0226. The lowest BCUT2D eigenvalue weighted by Crippen LogP contribution is -2.28. The predicted molar refractivity (Wildman–Crippen MR) is 133 cm³/mol. The second kappa shape index (κ2) is 9.41. The van der Waals surface area contributed by atoms with Crippen LogP contribution in [0.2, 0.25) is 0 Å². The van der Waals surface area contributed by atoms with Crippen LogP contribution in [0.5, 0.6) is 11.5 Å². The van der Waals surface area contributed by atoms with Gasteiger partial charge < -0.3 is 14.2 Å². The summed E-state index contributed by atoms with van der Waals surface area (Å²) in [5.41, 5.74) is 0.952. The zero-order valence-electron chi connectivity index (χ0n) is 20.8. The van der Waals surface area contributed by atoms with Crippen LogP contribution >= 0.6 is 0 Å². The number of rotatable bonds is 6. The van der Waals surface area contributed by atoms with Crippen LogP contribution in [-0.2, 0) is 11.2 Å². The molecule has 3 aromatic rings. The molecule has 36 heavy (non-hydrogen) atoms. The molecule has 7 nitrogen and oxygen atoms in total. The van der Waals surface area contributed by atoms with E-state index in [9.17, 15) is 19.2 Å². The number of fused-ring (bicyclic) bond motifs is 2. The van der Waals surface area contributed by atoms with Crippen LogP contribution in [0.3, 0.4) is 0 Å². The first-order valence-electron chi connectivity index (χ1n) is 11.4. The van der Waals surface area contributed by atoms with Crippen LogP contribution in [0.15, 0.2) is 48.5 Å². The van der Waals surface area contributed by atoms with Gasteiger partial charge in [-0.2, -0.15) is 0 Å². The monoisotopic (exact) mass is 486 g/mol. The highest BCUT2D eigenvalue weighted by Crippen LogP contribution is 2.39. The van der Waals surface area contributed by atoms with Crippen molar-refractivity contribution in [1.82, 2.24) is 0 Å². The second-order valence-corrected chi connectivity index (χ2v) is 9.38. The molecule has 0 saturated heterocycles. The lowest BCUT2D eigenvalue weighted by Gasteiger charge is -2.26. The summed E-state index contributed by atoms with van der Waals surface area (Å²) in [5, 5.41) is 0. The van der Waals surface area contributed by atoms with Crippen molar-refractivity contribution in [1.29, 1.82) is 0 Å². The number of carbonyl (C=O) groups excluding carboxylic acids is 4. The number of ether oxygens (including phenoxy) is 3. The third kappa shape index (κ3) is 4.28. The lowest BCUT2D eigenvalue weighted by molar-refractivity contribution is 0.00651. The van der Waals surface area contributed by atoms with Gasteiger partial charge in [-0.3, -0.25) is 14.4 Å². The molecule has 0 saturated carbocycles. The highest BCUT2D eigenvalue weighted by atomic mass is 16.6. The van der Waals surface area contributed by atoms with E-state index in [4.69, 9.17) is 14.2 Å². The summed E-state index contributed by atoms with van der Waals surface area (Å²) in [4.78, 5) is 52.6. The Hall–Kier alpha value is -4.26. The average Bonchev–Trinajstić information content (AvgIpc) is 2.85. The zero-order chi connectivity index (χ0) is 26.2. The normalized spacial score (nSPS) is 12.5. The molecule has 0 unspecified atom stereocenters. The van der Waals surface area contributed by atoms with E-state index in [2.05, 4.69) is 0 Å². The maximum Gasteiger partial charge on any atom is 0.342 e. The Morgan fingerprint density at radius 3 is 2.06 bits per heavy atom. The van der Waals surface area contributed by atoms with E-state index in [-0.39, 0.29) is 51.3 Å². The van der Waals surface area contributed by atoms with E-state index >= 15 is 0 Å². The summed E-state index contributed by atoms with van der Waals surface area (Å²) in [7, 11) is 2.84. The third-order valence-corrected chi connectivity index (χ3v) is 5.98. The minimum Gasteiger partial charge on any atom is -0.496 e. The fraction of sp³-hybridized carbons (Fsp3) is 0.241. The van der Waals surface area contributed by atoms with Gasteiger partial charge in [0, 0.05) is 39.8 Å². The number of ketones is 2. The Morgan fingerprint density at radius 2 is 1.47 bits per heavy atom. The predicted octanol–water partition coefficient (Wildman–Crippen LogP) is 4.84. The molecular formula is C29H26O7. The van der Waals surface area contributed by atoms with Gasteiger partial charge in [-0.05, 0) is 38.5 Å². The molecule has 3 aromatic carbocycles. The molecule has 0 fully saturated rings. The molecule has 1 aliphatic rings. The molecular weight excluding hydrogens is 460 g/mol. The zero-order valence-corrected chi connectivity index (χ0v) is 20.8. The summed E-state index contributed by atoms with van der Waals surface area (Å²) < 4.78 is 16.7. The van der Waals surface area contributed by atoms with E-state index in [0.717, 1.165) is 0 Å². The molecule has 4 rings (SSSR count). The van der Waals surface area contributed by atoms with Crippen molar-refractivity contribution in [3.63, 3.8) is 0 Å². The highest BCUT2D eigenvalue weighted by Gasteiger charge is 2.37. The maximum absolute atomic E-state index is 13.8. The topological polar surface area (TPSA) is 96.0 Å². The lowest BCUT2D eigenvalue weighted by atomic mass is 9.78. The molecule has 7 heteroatoms. The van der Waals surface area contributed by atoms with Crippen LogP contribution in [0.1, 0.15) is 84.5 Å². The van der Waals surface area contributed by atoms with Crippen molar-refractivity contribution in [2.24, 2.45) is 0 Å². The van der Waals surface area contributed by atoms with Gasteiger partial charge in [0.1, 0.15) is 28.9 Å². The van der Waals surface area contributed by atoms with Crippen molar-refractivity contribution in [3.05, 3.63) is 93.0 Å². The number of esters is 1. The van der Waals surface area contributed by atoms with E-state index in [0.29, 0.717) is 23.2 Å². The number of benzene rings is 3. The van der Waals surface area contributed by atoms with Crippen LogP contribution in [0.4, 0.5) is 0 Å². The number of hydrogen-bond acceptors (Lipinski definition) is 7. The Bertz CT molecular complexity index is 1410. The van der Waals surface area contributed by atoms with E-state index in [1.807, 2.05) is 0 Å². The molecule has 0 spiro atoms. The van der Waals surface area contributed by atoms with E-state index in [1.165, 1.54) is 20.3 Å². The molecule has 0 heterocycles. The Labute approximate surface area is 209 Å². The van der Waals surface area contributed by atoms with Crippen molar-refractivity contribution < 1.29 is 33.4 Å². The first-order chi connectivity index (χ1) is 17.1. The minimum atomic E-state index is -0.833. The Balaban J connectivity index is 2.07. The second-order valence-electron chi connectivity index (χ2n) is 9.38. The number of carbonyl (C=O) groups is 4. The average molecular weight is 487 g/mol. The smallest absolute Gasteiger partial charge is 0.342 e. The van der Waals surface area contributed by atoms with Gasteiger partial charge in [0.15, 0.2) is 11.6 Å². The Morgan fingerprint density at radius 1 is 0.833 bits per heavy atom. The molecule has 0 bridgehead atoms. The quantitative estimate of drug-likeness (QED) is 0.284. The summed E-state index contributed by atoms with van der Waals surface area (Å²) in [6, 6.07) is 12.9. The fourth-order valence-corrected chi connectivity index (χ4v) is 4.45. The first kappa shape index (κ1) is 24.9. The van der Waals surface area contributed by atoms with E-state index in [1.54, 1.807) is 63.2 Å². The molecule has 0 amide bonds. The van der Waals surface area contributed by atoms with Crippen molar-refractivity contribution in [2.75, 3.05) is 14.2 Å². The number of hydrogen-bond donors (Lipinski definition) is 0. The number of aldehydes is 1. The summed E-state index contributed by atoms with van der Waals surface area (Å²) in [6.07, 6.45) is 0.632. The number of methoxy groups -OCH3 is 2. The van der Waals surface area contributed by atoms with Gasteiger partial charge in [0.05, 0.1) is 14.2 Å². The van der Waals surface area contributed by atoms with Gasteiger partial charge in [0.25, 0.3) is 0 Å². The SMILES string of the molecule is COc1cccc(C=O)c1Cc1c(C(=O)OC(C)(C)C)c(OC)cc2c1C(=O)c1ccccc1C2=O. The van der Waals surface area contributed by atoms with Crippen molar-refractivity contribution in [3.8, 4) is 11.5 Å². The summed E-state index contributed by atoms with van der Waals surface area (Å²) in [5.74, 6) is -0.961. The van der Waals surface area contributed by atoms with Crippen LogP contribution in [0, 0.1) is 0 Å². The largest absolute Gasteiger partial charge is 0.496 e. The molecule has 0 aromatic heterocycles. The van der Waals surface area contributed by atoms with Crippen LogP contribution in [-0.4, -0.2) is 43.6 Å². The third-order valence-electron chi connectivity index (χ3n) is 5.98. The van der Waals surface area contributed by atoms with Crippen LogP contribution in [0.25, 0.3) is 0 Å². The van der Waals surface area contributed by atoms with Crippen LogP contribution < -0.4 is 9.47 Å².